The molecule has 0 saturated carbocycles. The zero-order valence-electron chi connectivity index (χ0n) is 7.30. The van der Waals surface area contributed by atoms with Gasteiger partial charge in [0.15, 0.2) is 0 Å². The molecule has 1 fully saturated rings. The highest BCUT2D eigenvalue weighted by Gasteiger charge is 2.19. The second-order valence-electron chi connectivity index (χ2n) is 3.58. The van der Waals surface area contributed by atoms with Gasteiger partial charge in [0, 0.05) is 6.42 Å². The molecule has 0 N–H and O–H groups in total. The lowest BCUT2D eigenvalue weighted by atomic mass is 9.92. The van der Waals surface area contributed by atoms with E-state index in [1.54, 1.807) is 0 Å². The van der Waals surface area contributed by atoms with Crippen LogP contribution in [-0.4, -0.2) is 12.6 Å². The summed E-state index contributed by atoms with van der Waals surface area (Å²) in [4.78, 5) is 10.8. The molecule has 64 valence electrons. The number of hydrogen-bond donors (Lipinski definition) is 0. The Kier molecular flexibility index (Phi) is 2.92. The van der Waals surface area contributed by atoms with Crippen LogP contribution in [0.15, 0.2) is 0 Å². The summed E-state index contributed by atoms with van der Waals surface area (Å²) in [5.41, 5.74) is 0. The second kappa shape index (κ2) is 3.74. The molecule has 0 aromatic heterocycles. The highest BCUT2D eigenvalue weighted by molar-refractivity contribution is 5.69. The maximum Gasteiger partial charge on any atom is 0.305 e. The van der Waals surface area contributed by atoms with E-state index >= 15 is 0 Å². The van der Waals surface area contributed by atoms with Crippen LogP contribution < -0.4 is 0 Å². The number of hydrogen-bond acceptors (Lipinski definition) is 2. The van der Waals surface area contributed by atoms with Gasteiger partial charge in [-0.05, 0) is 24.7 Å². The first-order valence-electron chi connectivity index (χ1n) is 4.36. The highest BCUT2D eigenvalue weighted by Crippen LogP contribution is 2.21. The van der Waals surface area contributed by atoms with Gasteiger partial charge in [0.1, 0.15) is 0 Å². The van der Waals surface area contributed by atoms with E-state index in [4.69, 9.17) is 4.74 Å². The average molecular weight is 156 g/mol. The summed E-state index contributed by atoms with van der Waals surface area (Å²) < 4.78 is 5.04. The number of esters is 1. The second-order valence-corrected chi connectivity index (χ2v) is 3.58. The van der Waals surface area contributed by atoms with Gasteiger partial charge in [-0.15, -0.1) is 0 Å². The van der Waals surface area contributed by atoms with E-state index in [0.29, 0.717) is 24.9 Å². The number of carbonyl (C=O) groups excluding carboxylic acids is 1. The Morgan fingerprint density at radius 1 is 1.55 bits per heavy atom. The van der Waals surface area contributed by atoms with Gasteiger partial charge in [0.2, 0.25) is 0 Å². The van der Waals surface area contributed by atoms with Crippen LogP contribution in [0.5, 0.6) is 0 Å². The minimum Gasteiger partial charge on any atom is -0.465 e. The SMILES string of the molecule is CC(C)[C@@H]1CCCC(=O)OC1. The standard InChI is InChI=1S/C9H16O2/c1-7(2)8-4-3-5-9(10)11-6-8/h7-8H,3-6H2,1-2H3/t8-/m1/s1. The molecule has 1 saturated heterocycles. The van der Waals surface area contributed by atoms with Gasteiger partial charge in [-0.3, -0.25) is 4.79 Å². The molecule has 0 aliphatic carbocycles. The van der Waals surface area contributed by atoms with Crippen LogP contribution in [0.4, 0.5) is 0 Å². The molecule has 2 nitrogen and oxygen atoms in total. The van der Waals surface area contributed by atoms with Crippen LogP contribution in [0.25, 0.3) is 0 Å². The van der Waals surface area contributed by atoms with Gasteiger partial charge in [-0.25, -0.2) is 0 Å². The quantitative estimate of drug-likeness (QED) is 0.543. The summed E-state index contributed by atoms with van der Waals surface area (Å²) in [6, 6.07) is 0. The molecule has 1 heterocycles. The van der Waals surface area contributed by atoms with E-state index in [2.05, 4.69) is 13.8 Å². The van der Waals surface area contributed by atoms with E-state index < -0.39 is 0 Å². The maximum absolute atomic E-state index is 10.8. The Bertz CT molecular complexity index is 140. The summed E-state index contributed by atoms with van der Waals surface area (Å²) in [7, 11) is 0. The van der Waals surface area contributed by atoms with Gasteiger partial charge in [-0.1, -0.05) is 13.8 Å². The summed E-state index contributed by atoms with van der Waals surface area (Å²) >= 11 is 0. The molecule has 0 unspecified atom stereocenters. The van der Waals surface area contributed by atoms with Crippen molar-refractivity contribution in [3.63, 3.8) is 0 Å². The van der Waals surface area contributed by atoms with Crippen molar-refractivity contribution in [1.29, 1.82) is 0 Å². The normalized spacial score (nSPS) is 26.5. The summed E-state index contributed by atoms with van der Waals surface area (Å²) in [5, 5.41) is 0. The predicted octanol–water partition coefficient (Wildman–Crippen LogP) is 1.99. The van der Waals surface area contributed by atoms with Crippen molar-refractivity contribution >= 4 is 5.97 Å². The van der Waals surface area contributed by atoms with Crippen LogP contribution in [0.3, 0.4) is 0 Å². The molecule has 2 heteroatoms. The lowest BCUT2D eigenvalue weighted by Gasteiger charge is -2.16. The number of rotatable bonds is 1. The van der Waals surface area contributed by atoms with Crippen molar-refractivity contribution < 1.29 is 9.53 Å². The van der Waals surface area contributed by atoms with Gasteiger partial charge < -0.3 is 4.74 Å². The molecular weight excluding hydrogens is 140 g/mol. The Labute approximate surface area is 67.9 Å². The van der Waals surface area contributed by atoms with Crippen LogP contribution in [-0.2, 0) is 9.53 Å². The zero-order valence-corrected chi connectivity index (χ0v) is 7.30. The molecule has 11 heavy (non-hydrogen) atoms. The molecule has 1 aliphatic heterocycles. The van der Waals surface area contributed by atoms with E-state index in [0.717, 1.165) is 12.8 Å². The van der Waals surface area contributed by atoms with Crippen molar-refractivity contribution in [3.8, 4) is 0 Å². The fourth-order valence-corrected chi connectivity index (χ4v) is 1.39. The molecule has 0 aromatic rings. The highest BCUT2D eigenvalue weighted by atomic mass is 16.5. The molecule has 0 amide bonds. The number of cyclic esters (lactones) is 1. The molecular formula is C9H16O2. The van der Waals surface area contributed by atoms with Crippen molar-refractivity contribution in [2.75, 3.05) is 6.61 Å². The lowest BCUT2D eigenvalue weighted by Crippen LogP contribution is -2.14. The minimum absolute atomic E-state index is 0.0202. The first kappa shape index (κ1) is 8.57. The van der Waals surface area contributed by atoms with E-state index in [-0.39, 0.29) is 5.97 Å². The van der Waals surface area contributed by atoms with E-state index in [1.807, 2.05) is 0 Å². The molecule has 1 rings (SSSR count). The third kappa shape index (κ3) is 2.52. The topological polar surface area (TPSA) is 26.3 Å². The lowest BCUT2D eigenvalue weighted by molar-refractivity contribution is -0.143. The Balaban J connectivity index is 2.40. The average Bonchev–Trinajstić information content (AvgIpc) is 2.13. The summed E-state index contributed by atoms with van der Waals surface area (Å²) in [5.74, 6) is 1.20. The van der Waals surface area contributed by atoms with Crippen LogP contribution >= 0.6 is 0 Å². The molecule has 1 aliphatic rings. The Morgan fingerprint density at radius 3 is 2.91 bits per heavy atom. The molecule has 0 spiro atoms. The van der Waals surface area contributed by atoms with Crippen molar-refractivity contribution in [2.24, 2.45) is 11.8 Å². The predicted molar refractivity (Wildman–Crippen MR) is 43.1 cm³/mol. The third-order valence-corrected chi connectivity index (χ3v) is 2.36. The van der Waals surface area contributed by atoms with Gasteiger partial charge in [0.25, 0.3) is 0 Å². The van der Waals surface area contributed by atoms with Gasteiger partial charge in [0.05, 0.1) is 6.61 Å². The van der Waals surface area contributed by atoms with Crippen LogP contribution in [0, 0.1) is 11.8 Å². The van der Waals surface area contributed by atoms with Crippen molar-refractivity contribution in [1.82, 2.24) is 0 Å². The van der Waals surface area contributed by atoms with Gasteiger partial charge >= 0.3 is 5.97 Å². The smallest absolute Gasteiger partial charge is 0.305 e. The monoisotopic (exact) mass is 156 g/mol. The van der Waals surface area contributed by atoms with E-state index in [9.17, 15) is 4.79 Å². The van der Waals surface area contributed by atoms with Crippen molar-refractivity contribution in [2.45, 2.75) is 33.1 Å². The third-order valence-electron chi connectivity index (χ3n) is 2.36. The maximum atomic E-state index is 10.8. The molecule has 0 bridgehead atoms. The number of ether oxygens (including phenoxy) is 1. The van der Waals surface area contributed by atoms with Crippen molar-refractivity contribution in [3.05, 3.63) is 0 Å². The Morgan fingerprint density at radius 2 is 2.27 bits per heavy atom. The van der Waals surface area contributed by atoms with E-state index in [1.165, 1.54) is 0 Å². The zero-order chi connectivity index (χ0) is 8.27. The fraction of sp³-hybridized carbons (Fsp3) is 0.889. The Hall–Kier alpha value is -0.530. The van der Waals surface area contributed by atoms with Crippen LogP contribution in [0.1, 0.15) is 33.1 Å². The number of carbonyl (C=O) groups is 1. The van der Waals surface area contributed by atoms with Gasteiger partial charge in [-0.2, -0.15) is 0 Å². The largest absolute Gasteiger partial charge is 0.465 e. The molecule has 0 aromatic carbocycles. The first-order chi connectivity index (χ1) is 5.20. The summed E-state index contributed by atoms with van der Waals surface area (Å²) in [6.45, 7) is 5.00. The first-order valence-corrected chi connectivity index (χ1v) is 4.36. The fourth-order valence-electron chi connectivity index (χ4n) is 1.39. The molecule has 1 atom stereocenters. The summed E-state index contributed by atoms with van der Waals surface area (Å²) in [6.07, 6.45) is 2.76. The molecule has 0 radical (unpaired) electrons. The van der Waals surface area contributed by atoms with Crippen LogP contribution in [0.2, 0.25) is 0 Å². The minimum atomic E-state index is -0.0202.